The molecule has 19 heavy (non-hydrogen) atoms. The molecule has 0 unspecified atom stereocenters. The van der Waals surface area contributed by atoms with Gasteiger partial charge in [0.15, 0.2) is 0 Å². The van der Waals surface area contributed by atoms with E-state index >= 15 is 0 Å². The van der Waals surface area contributed by atoms with E-state index in [9.17, 15) is 4.79 Å². The largest absolute Gasteiger partial charge is 0.396 e. The molecular formula is C16H15NO2. The second kappa shape index (κ2) is 4.86. The third-order valence-corrected chi connectivity index (χ3v) is 3.43. The van der Waals surface area contributed by atoms with E-state index in [0.717, 1.165) is 27.9 Å². The van der Waals surface area contributed by atoms with Crippen LogP contribution in [0.15, 0.2) is 42.5 Å². The normalized spacial score (nSPS) is 13.2. The average molecular weight is 253 g/mol. The molecule has 1 aliphatic rings. The highest BCUT2D eigenvalue weighted by Gasteiger charge is 2.20. The zero-order valence-electron chi connectivity index (χ0n) is 10.5. The van der Waals surface area contributed by atoms with Gasteiger partial charge in [0, 0.05) is 12.3 Å². The second-order valence-electron chi connectivity index (χ2n) is 4.73. The highest BCUT2D eigenvalue weighted by Crippen LogP contribution is 2.33. The van der Waals surface area contributed by atoms with Gasteiger partial charge < -0.3 is 10.4 Å². The molecule has 0 aliphatic carbocycles. The quantitative estimate of drug-likeness (QED) is 0.882. The molecule has 0 atom stereocenters. The van der Waals surface area contributed by atoms with Crippen molar-refractivity contribution in [1.82, 2.24) is 0 Å². The van der Waals surface area contributed by atoms with Gasteiger partial charge in [-0.25, -0.2) is 0 Å². The molecule has 0 spiro atoms. The van der Waals surface area contributed by atoms with Crippen LogP contribution in [-0.2, 0) is 17.6 Å². The third-order valence-electron chi connectivity index (χ3n) is 3.43. The maximum Gasteiger partial charge on any atom is 0.228 e. The maximum atomic E-state index is 11.5. The van der Waals surface area contributed by atoms with E-state index in [1.807, 2.05) is 36.4 Å². The standard InChI is InChI=1S/C16H15NO2/c18-8-7-11-3-1-4-12(9-11)13-5-2-6-15-14(13)10-16(19)17-15/h1-6,9,18H,7-8,10H2,(H,17,19). The Hall–Kier alpha value is -2.13. The lowest BCUT2D eigenvalue weighted by molar-refractivity contribution is -0.115. The molecule has 0 aromatic heterocycles. The number of benzene rings is 2. The minimum Gasteiger partial charge on any atom is -0.396 e. The van der Waals surface area contributed by atoms with E-state index in [-0.39, 0.29) is 12.5 Å². The lowest BCUT2D eigenvalue weighted by Crippen LogP contribution is -2.03. The van der Waals surface area contributed by atoms with Gasteiger partial charge in [-0.2, -0.15) is 0 Å². The molecule has 2 aromatic carbocycles. The Balaban J connectivity index is 2.06. The van der Waals surface area contributed by atoms with Crippen LogP contribution in [0.2, 0.25) is 0 Å². The van der Waals surface area contributed by atoms with Crippen molar-refractivity contribution in [1.29, 1.82) is 0 Å². The molecule has 1 aliphatic heterocycles. The first-order valence-electron chi connectivity index (χ1n) is 6.40. The first-order chi connectivity index (χ1) is 9.28. The molecule has 0 bridgehead atoms. The molecule has 0 saturated heterocycles. The van der Waals surface area contributed by atoms with Crippen LogP contribution >= 0.6 is 0 Å². The summed E-state index contributed by atoms with van der Waals surface area (Å²) < 4.78 is 0. The number of aliphatic hydroxyl groups is 1. The Labute approximate surface area is 111 Å². The molecule has 2 aromatic rings. The lowest BCUT2D eigenvalue weighted by atomic mass is 9.96. The fourth-order valence-electron chi connectivity index (χ4n) is 2.54. The Morgan fingerprint density at radius 1 is 1.16 bits per heavy atom. The summed E-state index contributed by atoms with van der Waals surface area (Å²) in [6.45, 7) is 0.149. The van der Waals surface area contributed by atoms with Gasteiger partial charge >= 0.3 is 0 Å². The number of carbonyl (C=O) groups excluding carboxylic acids is 1. The van der Waals surface area contributed by atoms with E-state index in [2.05, 4.69) is 11.4 Å². The fraction of sp³-hybridized carbons (Fsp3) is 0.188. The van der Waals surface area contributed by atoms with Crippen molar-refractivity contribution in [3.05, 3.63) is 53.6 Å². The van der Waals surface area contributed by atoms with Gasteiger partial charge in [-0.05, 0) is 34.7 Å². The molecule has 0 radical (unpaired) electrons. The smallest absolute Gasteiger partial charge is 0.228 e. The van der Waals surface area contributed by atoms with Gasteiger partial charge in [0.2, 0.25) is 5.91 Å². The molecule has 0 saturated carbocycles. The molecule has 96 valence electrons. The summed E-state index contributed by atoms with van der Waals surface area (Å²) in [6, 6.07) is 14.0. The fourth-order valence-corrected chi connectivity index (χ4v) is 2.54. The van der Waals surface area contributed by atoms with Crippen LogP contribution in [0.5, 0.6) is 0 Å². The molecular weight excluding hydrogens is 238 g/mol. The summed E-state index contributed by atoms with van der Waals surface area (Å²) in [5.74, 6) is 0.0500. The van der Waals surface area contributed by atoms with Crippen molar-refractivity contribution in [2.45, 2.75) is 12.8 Å². The van der Waals surface area contributed by atoms with Crippen LogP contribution in [-0.4, -0.2) is 17.6 Å². The Kier molecular flexibility index (Phi) is 3.05. The van der Waals surface area contributed by atoms with Crippen molar-refractivity contribution in [2.24, 2.45) is 0 Å². The summed E-state index contributed by atoms with van der Waals surface area (Å²) in [4.78, 5) is 11.5. The number of amides is 1. The SMILES string of the molecule is O=C1Cc2c(cccc2-c2cccc(CCO)c2)N1. The van der Waals surface area contributed by atoms with Crippen molar-refractivity contribution >= 4 is 11.6 Å². The van der Waals surface area contributed by atoms with Crippen LogP contribution < -0.4 is 5.32 Å². The zero-order valence-corrected chi connectivity index (χ0v) is 10.5. The van der Waals surface area contributed by atoms with Crippen LogP contribution in [0.3, 0.4) is 0 Å². The first kappa shape index (κ1) is 11.9. The number of hydrogen-bond acceptors (Lipinski definition) is 2. The number of anilines is 1. The van der Waals surface area contributed by atoms with Crippen molar-refractivity contribution in [2.75, 3.05) is 11.9 Å². The summed E-state index contributed by atoms with van der Waals surface area (Å²) in [5, 5.41) is 11.9. The monoisotopic (exact) mass is 253 g/mol. The molecule has 1 amide bonds. The number of nitrogens with one attached hydrogen (secondary N) is 1. The molecule has 3 heteroatoms. The summed E-state index contributed by atoms with van der Waals surface area (Å²) >= 11 is 0. The molecule has 2 N–H and O–H groups in total. The zero-order chi connectivity index (χ0) is 13.2. The highest BCUT2D eigenvalue weighted by atomic mass is 16.2. The van der Waals surface area contributed by atoms with Gasteiger partial charge in [-0.15, -0.1) is 0 Å². The number of rotatable bonds is 3. The van der Waals surface area contributed by atoms with Crippen molar-refractivity contribution in [3.8, 4) is 11.1 Å². The summed E-state index contributed by atoms with van der Waals surface area (Å²) in [7, 11) is 0. The van der Waals surface area contributed by atoms with Crippen molar-refractivity contribution in [3.63, 3.8) is 0 Å². The van der Waals surface area contributed by atoms with Gasteiger partial charge in [-0.1, -0.05) is 36.4 Å². The van der Waals surface area contributed by atoms with Gasteiger partial charge in [0.25, 0.3) is 0 Å². The molecule has 1 heterocycles. The van der Waals surface area contributed by atoms with Crippen LogP contribution in [0.1, 0.15) is 11.1 Å². The average Bonchev–Trinajstić information content (AvgIpc) is 2.79. The number of hydrogen-bond donors (Lipinski definition) is 2. The number of carbonyl (C=O) groups is 1. The van der Waals surface area contributed by atoms with Crippen molar-refractivity contribution < 1.29 is 9.90 Å². The molecule has 0 fully saturated rings. The van der Waals surface area contributed by atoms with E-state index in [0.29, 0.717) is 12.8 Å². The maximum absolute atomic E-state index is 11.5. The van der Waals surface area contributed by atoms with Crippen LogP contribution in [0.25, 0.3) is 11.1 Å². The summed E-state index contributed by atoms with van der Waals surface area (Å²) in [6.07, 6.45) is 1.09. The van der Waals surface area contributed by atoms with E-state index in [4.69, 9.17) is 5.11 Å². The van der Waals surface area contributed by atoms with E-state index in [1.165, 1.54) is 0 Å². The van der Waals surface area contributed by atoms with E-state index in [1.54, 1.807) is 0 Å². The Morgan fingerprint density at radius 3 is 2.84 bits per heavy atom. The third kappa shape index (κ3) is 2.25. The summed E-state index contributed by atoms with van der Waals surface area (Å²) in [5.41, 5.74) is 5.27. The van der Waals surface area contributed by atoms with Crippen LogP contribution in [0, 0.1) is 0 Å². The molecule has 3 nitrogen and oxygen atoms in total. The predicted molar refractivity (Wildman–Crippen MR) is 75.0 cm³/mol. The highest BCUT2D eigenvalue weighted by molar-refractivity contribution is 6.01. The van der Waals surface area contributed by atoms with Crippen LogP contribution in [0.4, 0.5) is 5.69 Å². The Bertz CT molecular complexity index is 634. The lowest BCUT2D eigenvalue weighted by Gasteiger charge is -2.09. The van der Waals surface area contributed by atoms with Gasteiger partial charge in [0.05, 0.1) is 6.42 Å². The first-order valence-corrected chi connectivity index (χ1v) is 6.40. The number of aliphatic hydroxyl groups excluding tert-OH is 1. The second-order valence-corrected chi connectivity index (χ2v) is 4.73. The topological polar surface area (TPSA) is 49.3 Å². The Morgan fingerprint density at radius 2 is 2.00 bits per heavy atom. The minimum atomic E-state index is 0.0500. The molecule has 3 rings (SSSR count). The van der Waals surface area contributed by atoms with Gasteiger partial charge in [0.1, 0.15) is 0 Å². The van der Waals surface area contributed by atoms with E-state index < -0.39 is 0 Å². The van der Waals surface area contributed by atoms with Gasteiger partial charge in [-0.3, -0.25) is 4.79 Å². The number of fused-ring (bicyclic) bond motifs is 1. The predicted octanol–water partition coefficient (Wildman–Crippen LogP) is 2.38. The minimum absolute atomic E-state index is 0.0500.